The van der Waals surface area contributed by atoms with Crippen LogP contribution in [0.25, 0.3) is 0 Å². The van der Waals surface area contributed by atoms with E-state index in [0.717, 1.165) is 28.1 Å². The largest absolute Gasteiger partial charge is 0.486 e. The van der Waals surface area contributed by atoms with E-state index in [2.05, 4.69) is 38.4 Å². The fourth-order valence-electron chi connectivity index (χ4n) is 2.40. The molecule has 0 amide bonds. The van der Waals surface area contributed by atoms with E-state index in [4.69, 9.17) is 9.47 Å². The first kappa shape index (κ1) is 14.4. The molecule has 0 spiro atoms. The number of hydrogen-bond acceptors (Lipinski definition) is 4. The average molecular weight is 349 g/mol. The van der Waals surface area contributed by atoms with E-state index in [-0.39, 0.29) is 6.04 Å². The van der Waals surface area contributed by atoms with Crippen molar-refractivity contribution in [3.8, 4) is 11.5 Å². The Bertz CT molecular complexity index is 616. The summed E-state index contributed by atoms with van der Waals surface area (Å²) in [5.41, 5.74) is 2.22. The van der Waals surface area contributed by atoms with E-state index in [1.54, 1.807) is 0 Å². The van der Waals surface area contributed by atoms with Crippen LogP contribution in [0.15, 0.2) is 41.0 Å². The number of ether oxygens (including phenoxy) is 2. The van der Waals surface area contributed by atoms with Crippen molar-refractivity contribution in [1.82, 2.24) is 10.3 Å². The molecule has 1 atom stereocenters. The van der Waals surface area contributed by atoms with Gasteiger partial charge in [-0.1, -0.05) is 6.07 Å². The molecular weight excluding hydrogens is 332 g/mol. The summed E-state index contributed by atoms with van der Waals surface area (Å²) in [7, 11) is 1.96. The Balaban J connectivity index is 1.81. The lowest BCUT2D eigenvalue weighted by molar-refractivity contribution is 0.171. The highest BCUT2D eigenvalue weighted by Gasteiger charge is 2.16. The van der Waals surface area contributed by atoms with Crippen LogP contribution in [0.2, 0.25) is 0 Å². The van der Waals surface area contributed by atoms with Gasteiger partial charge in [-0.25, -0.2) is 0 Å². The molecule has 1 unspecified atom stereocenters. The molecule has 0 aliphatic carbocycles. The molecule has 5 heteroatoms. The Hall–Kier alpha value is -1.59. The number of halogens is 1. The lowest BCUT2D eigenvalue weighted by atomic mass is 10.0. The van der Waals surface area contributed by atoms with Gasteiger partial charge in [0.1, 0.15) is 13.2 Å². The SMILES string of the molecule is CNC(Cc1ccc(Br)cn1)c1ccc2c(c1)OCCO2. The minimum Gasteiger partial charge on any atom is -0.486 e. The fourth-order valence-corrected chi connectivity index (χ4v) is 2.63. The van der Waals surface area contributed by atoms with E-state index in [9.17, 15) is 0 Å². The van der Waals surface area contributed by atoms with Gasteiger partial charge in [0.15, 0.2) is 11.5 Å². The van der Waals surface area contributed by atoms with Gasteiger partial charge in [0.2, 0.25) is 0 Å². The second-order valence-electron chi connectivity index (χ2n) is 4.92. The molecule has 0 bridgehead atoms. The quantitative estimate of drug-likeness (QED) is 0.921. The normalized spacial score (nSPS) is 14.8. The summed E-state index contributed by atoms with van der Waals surface area (Å²) in [5, 5.41) is 3.34. The van der Waals surface area contributed by atoms with Crippen molar-refractivity contribution in [1.29, 1.82) is 0 Å². The zero-order chi connectivity index (χ0) is 14.7. The van der Waals surface area contributed by atoms with Gasteiger partial charge >= 0.3 is 0 Å². The van der Waals surface area contributed by atoms with E-state index in [1.165, 1.54) is 5.56 Å². The predicted molar refractivity (Wildman–Crippen MR) is 84.9 cm³/mol. The molecule has 1 N–H and O–H groups in total. The molecule has 21 heavy (non-hydrogen) atoms. The van der Waals surface area contributed by atoms with E-state index in [1.807, 2.05) is 31.4 Å². The summed E-state index contributed by atoms with van der Waals surface area (Å²) >= 11 is 3.41. The van der Waals surface area contributed by atoms with Crippen molar-refractivity contribution in [2.75, 3.05) is 20.3 Å². The van der Waals surface area contributed by atoms with Crippen LogP contribution in [0.3, 0.4) is 0 Å². The Morgan fingerprint density at radius 1 is 1.19 bits per heavy atom. The molecule has 1 aromatic carbocycles. The summed E-state index contributed by atoms with van der Waals surface area (Å²) < 4.78 is 12.2. The zero-order valence-corrected chi connectivity index (χ0v) is 13.4. The first-order valence-corrected chi connectivity index (χ1v) is 7.73. The first-order valence-electron chi connectivity index (χ1n) is 6.93. The number of pyridine rings is 1. The third-order valence-electron chi connectivity index (χ3n) is 3.52. The van der Waals surface area contributed by atoms with Crippen LogP contribution in [0.1, 0.15) is 17.3 Å². The highest BCUT2D eigenvalue weighted by Crippen LogP contribution is 2.33. The molecular formula is C16H17BrN2O2. The van der Waals surface area contributed by atoms with Gasteiger partial charge in [-0.3, -0.25) is 4.98 Å². The number of rotatable bonds is 4. The third kappa shape index (κ3) is 3.36. The van der Waals surface area contributed by atoms with Gasteiger partial charge in [0.25, 0.3) is 0 Å². The summed E-state index contributed by atoms with van der Waals surface area (Å²) in [4.78, 5) is 4.44. The summed E-state index contributed by atoms with van der Waals surface area (Å²) in [5.74, 6) is 1.64. The van der Waals surface area contributed by atoms with Crippen LogP contribution in [0.5, 0.6) is 11.5 Å². The van der Waals surface area contributed by atoms with E-state index < -0.39 is 0 Å². The lowest BCUT2D eigenvalue weighted by Gasteiger charge is -2.22. The maximum absolute atomic E-state index is 5.65. The smallest absolute Gasteiger partial charge is 0.161 e. The van der Waals surface area contributed by atoms with Gasteiger partial charge in [0, 0.05) is 28.8 Å². The van der Waals surface area contributed by atoms with E-state index >= 15 is 0 Å². The predicted octanol–water partition coefficient (Wildman–Crippen LogP) is 3.12. The molecule has 0 saturated heterocycles. The van der Waals surface area contributed by atoms with E-state index in [0.29, 0.717) is 13.2 Å². The van der Waals surface area contributed by atoms with Crippen LogP contribution in [-0.4, -0.2) is 25.2 Å². The summed E-state index contributed by atoms with van der Waals surface area (Å²) in [6, 6.07) is 10.3. The number of nitrogens with zero attached hydrogens (tertiary/aromatic N) is 1. The van der Waals surface area contributed by atoms with Crippen molar-refractivity contribution in [3.05, 3.63) is 52.3 Å². The second kappa shape index (κ2) is 6.45. The number of hydrogen-bond donors (Lipinski definition) is 1. The Morgan fingerprint density at radius 3 is 2.71 bits per heavy atom. The van der Waals surface area contributed by atoms with Gasteiger partial charge in [-0.15, -0.1) is 0 Å². The van der Waals surface area contributed by atoms with Crippen LogP contribution < -0.4 is 14.8 Å². The molecule has 1 aliphatic heterocycles. The van der Waals surface area contributed by atoms with Crippen molar-refractivity contribution in [2.24, 2.45) is 0 Å². The van der Waals surface area contributed by atoms with Crippen molar-refractivity contribution < 1.29 is 9.47 Å². The maximum atomic E-state index is 5.65. The summed E-state index contributed by atoms with van der Waals surface area (Å²) in [6.45, 7) is 1.22. The molecule has 4 nitrogen and oxygen atoms in total. The van der Waals surface area contributed by atoms with Gasteiger partial charge in [-0.2, -0.15) is 0 Å². The van der Waals surface area contributed by atoms with Crippen LogP contribution >= 0.6 is 15.9 Å². The number of nitrogens with one attached hydrogen (secondary N) is 1. The molecule has 3 rings (SSSR count). The number of aromatic nitrogens is 1. The van der Waals surface area contributed by atoms with Crippen LogP contribution in [-0.2, 0) is 6.42 Å². The monoisotopic (exact) mass is 348 g/mol. The topological polar surface area (TPSA) is 43.4 Å². The Kier molecular flexibility index (Phi) is 4.41. The highest BCUT2D eigenvalue weighted by atomic mass is 79.9. The molecule has 2 aromatic rings. The molecule has 0 radical (unpaired) electrons. The number of likely N-dealkylation sites (N-methyl/N-ethyl adjacent to an activating group) is 1. The Labute approximate surface area is 132 Å². The van der Waals surface area contributed by atoms with Crippen molar-refractivity contribution in [3.63, 3.8) is 0 Å². The van der Waals surface area contributed by atoms with Crippen LogP contribution in [0.4, 0.5) is 0 Å². The molecule has 0 fully saturated rings. The molecule has 110 valence electrons. The van der Waals surface area contributed by atoms with Crippen molar-refractivity contribution >= 4 is 15.9 Å². The molecule has 1 aromatic heterocycles. The second-order valence-corrected chi connectivity index (χ2v) is 5.83. The lowest BCUT2D eigenvalue weighted by Crippen LogP contribution is -2.20. The number of fused-ring (bicyclic) bond motifs is 1. The Morgan fingerprint density at radius 2 is 2.00 bits per heavy atom. The maximum Gasteiger partial charge on any atom is 0.161 e. The number of benzene rings is 1. The van der Waals surface area contributed by atoms with Crippen LogP contribution in [0, 0.1) is 0 Å². The fraction of sp³-hybridized carbons (Fsp3) is 0.312. The standard InChI is InChI=1S/C16H17BrN2O2/c1-18-14(9-13-4-3-12(17)10-19-13)11-2-5-15-16(8-11)21-7-6-20-15/h2-5,8,10,14,18H,6-7,9H2,1H3. The van der Waals surface area contributed by atoms with Crippen molar-refractivity contribution in [2.45, 2.75) is 12.5 Å². The molecule has 2 heterocycles. The molecule has 0 saturated carbocycles. The minimum atomic E-state index is 0.189. The third-order valence-corrected chi connectivity index (χ3v) is 3.99. The van der Waals surface area contributed by atoms with Gasteiger partial charge in [-0.05, 0) is 52.8 Å². The van der Waals surface area contributed by atoms with Gasteiger partial charge in [0.05, 0.1) is 0 Å². The highest BCUT2D eigenvalue weighted by molar-refractivity contribution is 9.10. The summed E-state index contributed by atoms with van der Waals surface area (Å²) in [6.07, 6.45) is 2.65. The first-order chi connectivity index (χ1) is 10.3. The average Bonchev–Trinajstić information content (AvgIpc) is 2.54. The minimum absolute atomic E-state index is 0.189. The molecule has 1 aliphatic rings. The van der Waals surface area contributed by atoms with Gasteiger partial charge < -0.3 is 14.8 Å². The zero-order valence-electron chi connectivity index (χ0n) is 11.8.